The van der Waals surface area contributed by atoms with E-state index in [1.54, 1.807) is 7.11 Å². The smallest absolute Gasteiger partial charge is 0.270 e. The van der Waals surface area contributed by atoms with Crippen molar-refractivity contribution in [1.29, 1.82) is 0 Å². The molecule has 1 aromatic carbocycles. The van der Waals surface area contributed by atoms with Gasteiger partial charge < -0.3 is 14.6 Å². The molecule has 1 aromatic heterocycles. The lowest BCUT2D eigenvalue weighted by atomic mass is 9.75. The van der Waals surface area contributed by atoms with Crippen molar-refractivity contribution in [2.24, 2.45) is 5.92 Å². The Morgan fingerprint density at radius 2 is 2.00 bits per heavy atom. The van der Waals surface area contributed by atoms with E-state index in [0.29, 0.717) is 29.6 Å². The lowest BCUT2D eigenvalue weighted by Crippen LogP contribution is -2.60. The largest absolute Gasteiger partial charge is 0.497 e. The second-order valence-electron chi connectivity index (χ2n) is 7.78. The monoisotopic (exact) mass is 351 g/mol. The number of rotatable bonds is 3. The van der Waals surface area contributed by atoms with E-state index >= 15 is 0 Å². The number of H-pyrrole nitrogens is 1. The number of carbonyl (C=O) groups is 1. The van der Waals surface area contributed by atoms with Crippen molar-refractivity contribution >= 4 is 5.91 Å². The lowest BCUT2D eigenvalue weighted by molar-refractivity contribution is -0.00357. The summed E-state index contributed by atoms with van der Waals surface area (Å²) in [6.45, 7) is 3.11. The van der Waals surface area contributed by atoms with Gasteiger partial charge in [0.15, 0.2) is 0 Å². The highest BCUT2D eigenvalue weighted by molar-refractivity contribution is 5.93. The van der Waals surface area contributed by atoms with Crippen LogP contribution in [0.4, 0.5) is 0 Å². The molecule has 0 spiro atoms. The Hall–Kier alpha value is -2.27. The number of aromatic amines is 1. The number of methoxy groups -OCH3 is 1. The summed E-state index contributed by atoms with van der Waals surface area (Å²) >= 11 is 0. The van der Waals surface area contributed by atoms with Crippen molar-refractivity contribution in [3.63, 3.8) is 0 Å². The summed E-state index contributed by atoms with van der Waals surface area (Å²) in [6.07, 6.45) is 4.25. The summed E-state index contributed by atoms with van der Waals surface area (Å²) in [6, 6.07) is 12.9. The zero-order valence-electron chi connectivity index (χ0n) is 15.1. The number of aromatic nitrogens is 1. The third kappa shape index (κ3) is 2.37. The van der Waals surface area contributed by atoms with Gasteiger partial charge in [-0.25, -0.2) is 0 Å². The summed E-state index contributed by atoms with van der Waals surface area (Å²) in [5.74, 6) is 2.00. The Kier molecular flexibility index (Phi) is 3.78. The van der Waals surface area contributed by atoms with Gasteiger partial charge in [0.05, 0.1) is 13.2 Å². The maximum atomic E-state index is 13.2. The molecule has 0 saturated carbocycles. The predicted octanol–water partition coefficient (Wildman–Crippen LogP) is 2.73. The van der Waals surface area contributed by atoms with Gasteiger partial charge in [-0.1, -0.05) is 12.1 Å². The van der Waals surface area contributed by atoms with Crippen LogP contribution in [0.3, 0.4) is 0 Å². The SMILES string of the molecule is COc1cccc([C@H]2CN(C(=O)c3ccc[nH]3)[C@@H]3C4CCN(CC4)[C@H]23)c1. The van der Waals surface area contributed by atoms with E-state index in [1.807, 2.05) is 24.4 Å². The third-order valence-corrected chi connectivity index (χ3v) is 6.61. The van der Waals surface area contributed by atoms with E-state index < -0.39 is 0 Å². The molecule has 2 bridgehead atoms. The van der Waals surface area contributed by atoms with Crippen molar-refractivity contribution in [2.75, 3.05) is 26.7 Å². The van der Waals surface area contributed by atoms with Crippen molar-refractivity contribution in [3.8, 4) is 5.75 Å². The van der Waals surface area contributed by atoms with Gasteiger partial charge in [-0.05, 0) is 61.7 Å². The first-order valence-electron chi connectivity index (χ1n) is 9.58. The molecule has 4 fully saturated rings. The quantitative estimate of drug-likeness (QED) is 0.925. The minimum absolute atomic E-state index is 0.143. The highest BCUT2D eigenvalue weighted by Gasteiger charge is 2.54. The second-order valence-corrected chi connectivity index (χ2v) is 7.78. The zero-order valence-corrected chi connectivity index (χ0v) is 15.1. The molecule has 1 amide bonds. The molecule has 1 N–H and O–H groups in total. The van der Waals surface area contributed by atoms with E-state index in [0.717, 1.165) is 25.4 Å². The number of hydrogen-bond donors (Lipinski definition) is 1. The number of nitrogens with one attached hydrogen (secondary N) is 1. The molecule has 136 valence electrons. The number of carbonyl (C=O) groups excluding carboxylic acids is 1. The Morgan fingerprint density at radius 3 is 2.73 bits per heavy atom. The van der Waals surface area contributed by atoms with Crippen LogP contribution in [0.25, 0.3) is 0 Å². The van der Waals surface area contributed by atoms with Crippen molar-refractivity contribution in [3.05, 3.63) is 53.9 Å². The van der Waals surface area contributed by atoms with Crippen LogP contribution in [0.1, 0.15) is 34.8 Å². The average molecular weight is 351 g/mol. The fourth-order valence-corrected chi connectivity index (χ4v) is 5.44. The number of nitrogens with zero attached hydrogens (tertiary/aromatic N) is 2. The minimum Gasteiger partial charge on any atom is -0.497 e. The van der Waals surface area contributed by atoms with Crippen LogP contribution in [0.15, 0.2) is 42.6 Å². The first-order valence-corrected chi connectivity index (χ1v) is 9.58. The molecule has 4 aliphatic rings. The van der Waals surface area contributed by atoms with Gasteiger partial charge in [0.25, 0.3) is 5.91 Å². The molecule has 0 aliphatic carbocycles. The standard InChI is InChI=1S/C21H25N3O2/c1-26-16-5-2-4-15(12-16)17-13-24(21(25)18-6-3-9-22-18)19-14-7-10-23(11-8-14)20(17)19/h2-6,9,12,14,17,19-20,22H,7-8,10-11,13H2,1H3/t17-,19-,20-/m1/s1. The first-order chi connectivity index (χ1) is 12.8. The molecule has 0 radical (unpaired) electrons. The van der Waals surface area contributed by atoms with E-state index in [9.17, 15) is 4.79 Å². The number of piperidine rings is 3. The first kappa shape index (κ1) is 15.9. The van der Waals surface area contributed by atoms with Gasteiger partial charge >= 0.3 is 0 Å². The minimum atomic E-state index is 0.143. The summed E-state index contributed by atoms with van der Waals surface area (Å²) < 4.78 is 5.45. The van der Waals surface area contributed by atoms with Crippen LogP contribution in [-0.2, 0) is 0 Å². The fraction of sp³-hybridized carbons (Fsp3) is 0.476. The highest BCUT2D eigenvalue weighted by Crippen LogP contribution is 2.47. The lowest BCUT2D eigenvalue weighted by Gasteiger charge is -2.51. The number of amides is 1. The van der Waals surface area contributed by atoms with Crippen molar-refractivity contribution in [1.82, 2.24) is 14.8 Å². The molecular formula is C21H25N3O2. The van der Waals surface area contributed by atoms with Gasteiger partial charge in [0, 0.05) is 24.7 Å². The number of fused-ring (bicyclic) bond motifs is 2. The van der Waals surface area contributed by atoms with Crippen LogP contribution in [0.5, 0.6) is 5.75 Å². The molecule has 26 heavy (non-hydrogen) atoms. The topological polar surface area (TPSA) is 48.6 Å². The van der Waals surface area contributed by atoms with E-state index in [2.05, 4.69) is 33.0 Å². The molecule has 2 aromatic rings. The van der Waals surface area contributed by atoms with Gasteiger partial charge in [-0.2, -0.15) is 0 Å². The van der Waals surface area contributed by atoms with E-state index in [-0.39, 0.29) is 5.91 Å². The molecule has 5 heteroatoms. The van der Waals surface area contributed by atoms with Crippen LogP contribution < -0.4 is 4.74 Å². The molecule has 3 atom stereocenters. The van der Waals surface area contributed by atoms with Gasteiger partial charge in [0.1, 0.15) is 11.4 Å². The van der Waals surface area contributed by atoms with Gasteiger partial charge in [-0.15, -0.1) is 0 Å². The summed E-state index contributed by atoms with van der Waals surface area (Å²) in [7, 11) is 1.71. The van der Waals surface area contributed by atoms with Crippen LogP contribution in [-0.4, -0.2) is 59.5 Å². The highest BCUT2D eigenvalue weighted by atomic mass is 16.5. The molecule has 4 saturated heterocycles. The van der Waals surface area contributed by atoms with E-state index in [4.69, 9.17) is 4.74 Å². The second kappa shape index (κ2) is 6.16. The normalized spacial score (nSPS) is 32.5. The molecule has 5 heterocycles. The molecule has 5 nitrogen and oxygen atoms in total. The summed E-state index contributed by atoms with van der Waals surface area (Å²) in [4.78, 5) is 21.1. The van der Waals surface area contributed by atoms with Crippen LogP contribution >= 0.6 is 0 Å². The number of ether oxygens (including phenoxy) is 1. The predicted molar refractivity (Wildman–Crippen MR) is 99.4 cm³/mol. The average Bonchev–Trinajstić information content (AvgIpc) is 3.37. The van der Waals surface area contributed by atoms with Crippen molar-refractivity contribution < 1.29 is 9.53 Å². The molecule has 4 aliphatic heterocycles. The number of likely N-dealkylation sites (tertiary alicyclic amines) is 1. The fourth-order valence-electron chi connectivity index (χ4n) is 5.44. The molecular weight excluding hydrogens is 326 g/mol. The maximum Gasteiger partial charge on any atom is 0.270 e. The van der Waals surface area contributed by atoms with Crippen LogP contribution in [0, 0.1) is 5.92 Å². The number of benzene rings is 1. The summed E-state index contributed by atoms with van der Waals surface area (Å²) in [5, 5.41) is 0. The van der Waals surface area contributed by atoms with Crippen molar-refractivity contribution in [2.45, 2.75) is 30.8 Å². The maximum absolute atomic E-state index is 13.2. The molecule has 6 rings (SSSR count). The van der Waals surface area contributed by atoms with E-state index in [1.165, 1.54) is 18.4 Å². The Labute approximate surface area is 153 Å². The van der Waals surface area contributed by atoms with Gasteiger partial charge in [0.2, 0.25) is 0 Å². The summed E-state index contributed by atoms with van der Waals surface area (Å²) in [5.41, 5.74) is 1.99. The van der Waals surface area contributed by atoms with Crippen LogP contribution in [0.2, 0.25) is 0 Å². The third-order valence-electron chi connectivity index (χ3n) is 6.61. The Morgan fingerprint density at radius 1 is 1.15 bits per heavy atom. The Balaban J connectivity index is 1.53. The molecule has 0 unspecified atom stereocenters. The Bertz CT molecular complexity index is 795. The zero-order chi connectivity index (χ0) is 17.7. The van der Waals surface area contributed by atoms with Gasteiger partial charge in [-0.3, -0.25) is 9.69 Å². The number of hydrogen-bond acceptors (Lipinski definition) is 3.